The summed E-state index contributed by atoms with van der Waals surface area (Å²) in [7, 11) is 0. The number of benzene rings is 2. The van der Waals surface area contributed by atoms with E-state index < -0.39 is 18.2 Å². The lowest BCUT2D eigenvalue weighted by Crippen LogP contribution is -2.54. The number of β-amino-alcohol motifs (C(OH)–C–C–N with tert-alkyl or cyclic N) is 1. The topological polar surface area (TPSA) is 114 Å². The Labute approximate surface area is 233 Å². The predicted molar refractivity (Wildman–Crippen MR) is 148 cm³/mol. The molecule has 4 atom stereocenters. The second-order valence-electron chi connectivity index (χ2n) is 11.2. The fraction of sp³-hybridized carbons (Fsp3) is 0.500. The quantitative estimate of drug-likeness (QED) is 0.590. The maximum Gasteiger partial charge on any atom is 0.407 e. The van der Waals surface area contributed by atoms with Crippen LogP contribution in [0.4, 0.5) is 10.5 Å². The Morgan fingerprint density at radius 3 is 2.42 bits per heavy atom. The van der Waals surface area contributed by atoms with E-state index in [1.807, 2.05) is 42.2 Å². The van der Waals surface area contributed by atoms with Crippen LogP contribution in [0.25, 0.3) is 0 Å². The minimum atomic E-state index is -1.09. The average Bonchev–Trinajstić information content (AvgIpc) is 3.14. The van der Waals surface area contributed by atoms with Gasteiger partial charge in [-0.1, -0.05) is 24.3 Å². The van der Waals surface area contributed by atoms with E-state index in [1.54, 1.807) is 17.0 Å². The maximum atomic E-state index is 13.8. The fourth-order valence-corrected chi connectivity index (χ4v) is 6.80. The van der Waals surface area contributed by atoms with Gasteiger partial charge in [0.05, 0.1) is 48.7 Å². The molecule has 0 radical (unpaired) electrons. The first-order valence-electron chi connectivity index (χ1n) is 14.2. The second-order valence-corrected chi connectivity index (χ2v) is 11.2. The van der Waals surface area contributed by atoms with Crippen molar-refractivity contribution in [3.8, 4) is 0 Å². The third kappa shape index (κ3) is 4.69. The Bertz CT molecular complexity index is 1300. The Hall–Kier alpha value is -3.63. The summed E-state index contributed by atoms with van der Waals surface area (Å²) in [4.78, 5) is 46.3. The first kappa shape index (κ1) is 26.6. The molecule has 4 heterocycles. The van der Waals surface area contributed by atoms with Gasteiger partial charge in [-0.05, 0) is 55.5 Å². The Kier molecular flexibility index (Phi) is 7.14. The fourth-order valence-electron chi connectivity index (χ4n) is 6.80. The molecule has 0 aromatic heterocycles. The number of likely N-dealkylation sites (N-methyl/N-ethyl adjacent to an activating group) is 1. The van der Waals surface area contributed by atoms with Crippen LogP contribution in [-0.2, 0) is 17.7 Å². The van der Waals surface area contributed by atoms with Gasteiger partial charge in [-0.15, -0.1) is 0 Å². The minimum absolute atomic E-state index is 0.0181. The number of aliphatic hydroxyl groups excluding tert-OH is 1. The van der Waals surface area contributed by atoms with Crippen LogP contribution < -0.4 is 4.90 Å². The Balaban J connectivity index is 1.23. The van der Waals surface area contributed by atoms with E-state index in [-0.39, 0.29) is 37.0 Å². The number of hydrogen-bond donors (Lipinski definition) is 2. The van der Waals surface area contributed by atoms with Gasteiger partial charge < -0.3 is 29.6 Å². The zero-order valence-electron chi connectivity index (χ0n) is 22.7. The monoisotopic (exact) mass is 548 g/mol. The summed E-state index contributed by atoms with van der Waals surface area (Å²) in [6, 6.07) is 12.5. The molecule has 2 bridgehead atoms. The number of ether oxygens (including phenoxy) is 1. The van der Waals surface area contributed by atoms with E-state index >= 15 is 0 Å². The van der Waals surface area contributed by atoms with Gasteiger partial charge in [-0.2, -0.15) is 0 Å². The van der Waals surface area contributed by atoms with Gasteiger partial charge in [0, 0.05) is 38.3 Å². The largest absolute Gasteiger partial charge is 0.465 e. The van der Waals surface area contributed by atoms with Crippen LogP contribution in [0, 0.1) is 0 Å². The van der Waals surface area contributed by atoms with Crippen LogP contribution in [0.15, 0.2) is 42.5 Å². The lowest BCUT2D eigenvalue weighted by Gasteiger charge is -2.39. The molecule has 6 rings (SSSR count). The molecular weight excluding hydrogens is 512 g/mol. The zero-order valence-corrected chi connectivity index (χ0v) is 22.7. The van der Waals surface area contributed by atoms with Crippen molar-refractivity contribution in [3.05, 3.63) is 64.7 Å². The molecule has 0 spiro atoms. The van der Waals surface area contributed by atoms with E-state index in [0.29, 0.717) is 50.4 Å². The predicted octanol–water partition coefficient (Wildman–Crippen LogP) is 2.44. The van der Waals surface area contributed by atoms with E-state index in [4.69, 9.17) is 4.74 Å². The van der Waals surface area contributed by atoms with Gasteiger partial charge >= 0.3 is 6.09 Å². The molecule has 0 saturated carbocycles. The van der Waals surface area contributed by atoms with Gasteiger partial charge in [0.15, 0.2) is 0 Å². The highest BCUT2D eigenvalue weighted by atomic mass is 16.5. The summed E-state index contributed by atoms with van der Waals surface area (Å²) in [6.07, 6.45) is 0.142. The number of carbonyl (C=O) groups excluding carboxylic acids is 2. The first-order valence-corrected chi connectivity index (χ1v) is 14.2. The number of rotatable bonds is 5. The zero-order chi connectivity index (χ0) is 28.0. The number of aliphatic hydroxyl groups is 1. The number of carboxylic acid groups (broad SMARTS) is 1. The highest BCUT2D eigenvalue weighted by molar-refractivity contribution is 6.03. The van der Waals surface area contributed by atoms with E-state index in [0.717, 1.165) is 29.7 Å². The summed E-state index contributed by atoms with van der Waals surface area (Å²) in [5.74, 6) is -0.251. The number of morpholine rings is 1. The summed E-state index contributed by atoms with van der Waals surface area (Å²) in [5, 5.41) is 21.2. The van der Waals surface area contributed by atoms with Crippen molar-refractivity contribution < 1.29 is 29.3 Å². The Morgan fingerprint density at radius 2 is 1.73 bits per heavy atom. The van der Waals surface area contributed by atoms with Crippen LogP contribution in [0.5, 0.6) is 0 Å². The van der Waals surface area contributed by atoms with Crippen LogP contribution in [0.2, 0.25) is 0 Å². The van der Waals surface area contributed by atoms with Crippen LogP contribution >= 0.6 is 0 Å². The van der Waals surface area contributed by atoms with Crippen LogP contribution in [-0.4, -0.2) is 106 Å². The highest BCUT2D eigenvalue weighted by Crippen LogP contribution is 2.33. The lowest BCUT2D eigenvalue weighted by molar-refractivity contribution is -0.00716. The van der Waals surface area contributed by atoms with Crippen molar-refractivity contribution in [3.63, 3.8) is 0 Å². The van der Waals surface area contributed by atoms with E-state index in [9.17, 15) is 24.6 Å². The third-order valence-electron chi connectivity index (χ3n) is 8.99. The van der Waals surface area contributed by atoms with Crippen molar-refractivity contribution in [2.45, 2.75) is 57.0 Å². The third-order valence-corrected chi connectivity index (χ3v) is 8.99. The molecule has 4 aliphatic rings. The van der Waals surface area contributed by atoms with E-state index in [1.165, 1.54) is 4.90 Å². The molecule has 4 aliphatic heterocycles. The lowest BCUT2D eigenvalue weighted by atomic mass is 9.91. The molecule has 3 amide bonds. The van der Waals surface area contributed by atoms with Crippen molar-refractivity contribution in [1.82, 2.24) is 14.7 Å². The van der Waals surface area contributed by atoms with Crippen molar-refractivity contribution in [2.24, 2.45) is 0 Å². The van der Waals surface area contributed by atoms with Crippen molar-refractivity contribution >= 4 is 23.6 Å². The highest BCUT2D eigenvalue weighted by Gasteiger charge is 2.41. The number of hydrogen-bond acceptors (Lipinski definition) is 6. The molecular formula is C30H36N4O6. The molecule has 10 nitrogen and oxygen atoms in total. The van der Waals surface area contributed by atoms with Gasteiger partial charge in [-0.25, -0.2) is 4.79 Å². The molecule has 212 valence electrons. The smallest absolute Gasteiger partial charge is 0.407 e. The molecule has 2 fully saturated rings. The summed E-state index contributed by atoms with van der Waals surface area (Å²) in [6.45, 7) is 4.94. The molecule has 2 aromatic carbocycles. The summed E-state index contributed by atoms with van der Waals surface area (Å²) >= 11 is 0. The number of carbonyl (C=O) groups is 3. The molecule has 3 unspecified atom stereocenters. The first-order chi connectivity index (χ1) is 19.4. The SMILES string of the molecule is CCN1CCN(CC(O)[C@@H]2Cc3ccccc3CN2C(=O)O)C(=O)c2ccc(C(=O)N3C4CCC3COC4)cc21. The number of amides is 3. The normalized spacial score (nSPS) is 24.9. The number of fused-ring (bicyclic) bond motifs is 4. The second kappa shape index (κ2) is 10.7. The van der Waals surface area contributed by atoms with Crippen molar-refractivity contribution in [2.75, 3.05) is 44.3 Å². The molecule has 40 heavy (non-hydrogen) atoms. The van der Waals surface area contributed by atoms with Crippen molar-refractivity contribution in [1.29, 1.82) is 0 Å². The molecule has 2 N–H and O–H groups in total. The summed E-state index contributed by atoms with van der Waals surface area (Å²) in [5.41, 5.74) is 3.71. The maximum absolute atomic E-state index is 13.8. The van der Waals surface area contributed by atoms with Gasteiger partial charge in [-0.3, -0.25) is 14.5 Å². The molecule has 0 aliphatic carbocycles. The number of anilines is 1. The number of nitrogens with zero attached hydrogens (tertiary/aromatic N) is 4. The average molecular weight is 549 g/mol. The van der Waals surface area contributed by atoms with Crippen LogP contribution in [0.3, 0.4) is 0 Å². The molecule has 2 saturated heterocycles. The van der Waals surface area contributed by atoms with Gasteiger partial charge in [0.2, 0.25) is 0 Å². The standard InChI is InChI=1S/C30H36N4O6/c1-2-31-11-12-32(16-27(35)26-13-19-5-3-4-6-21(19)15-33(26)30(38)39)29(37)24-10-7-20(14-25(24)31)28(36)34-22-8-9-23(34)18-40-17-22/h3-7,10,14,22-23,26-27,35H,2,8-9,11-13,15-18H2,1H3,(H,38,39)/t22?,23?,26-,27?/m0/s1. The minimum Gasteiger partial charge on any atom is -0.465 e. The van der Waals surface area contributed by atoms with Gasteiger partial charge in [0.25, 0.3) is 11.8 Å². The Morgan fingerprint density at radius 1 is 1.02 bits per heavy atom. The summed E-state index contributed by atoms with van der Waals surface area (Å²) < 4.78 is 5.64. The van der Waals surface area contributed by atoms with Gasteiger partial charge in [0.1, 0.15) is 0 Å². The molecule has 10 heteroatoms. The van der Waals surface area contributed by atoms with Crippen LogP contribution in [0.1, 0.15) is 51.6 Å². The van der Waals surface area contributed by atoms with E-state index in [2.05, 4.69) is 4.90 Å². The molecule has 2 aromatic rings.